The van der Waals surface area contributed by atoms with Crippen LogP contribution in [-0.4, -0.2) is 20.9 Å². The van der Waals surface area contributed by atoms with Crippen molar-refractivity contribution in [1.82, 2.24) is 5.32 Å². The number of amides is 1. The summed E-state index contributed by atoms with van der Waals surface area (Å²) in [5.74, 6) is -0.465. The summed E-state index contributed by atoms with van der Waals surface area (Å²) in [6, 6.07) is 20.0. The van der Waals surface area contributed by atoms with Gasteiger partial charge in [0.1, 0.15) is 6.54 Å². The van der Waals surface area contributed by atoms with Gasteiger partial charge in [0.25, 0.3) is 10.0 Å². The minimum absolute atomic E-state index is 0.0482. The lowest BCUT2D eigenvalue weighted by molar-refractivity contribution is -0.120. The molecule has 0 heterocycles. The van der Waals surface area contributed by atoms with Gasteiger partial charge in [-0.05, 0) is 54.8 Å². The molecule has 1 atom stereocenters. The van der Waals surface area contributed by atoms with Crippen LogP contribution in [-0.2, 0) is 21.2 Å². The first-order valence-electron chi connectivity index (χ1n) is 10.1. The number of hydrogen-bond acceptors (Lipinski definition) is 3. The van der Waals surface area contributed by atoms with E-state index in [1.165, 1.54) is 29.8 Å². The van der Waals surface area contributed by atoms with Crippen molar-refractivity contribution in [3.05, 3.63) is 94.0 Å². The van der Waals surface area contributed by atoms with E-state index in [-0.39, 0.29) is 21.6 Å². The monoisotopic (exact) mass is 490 g/mol. The van der Waals surface area contributed by atoms with Crippen molar-refractivity contribution in [1.29, 1.82) is 0 Å². The summed E-state index contributed by atoms with van der Waals surface area (Å²) in [4.78, 5) is 13.0. The number of anilines is 1. The van der Waals surface area contributed by atoms with E-state index < -0.39 is 22.5 Å². The van der Waals surface area contributed by atoms with Crippen molar-refractivity contribution in [3.63, 3.8) is 0 Å². The molecule has 0 unspecified atom stereocenters. The first kappa shape index (κ1) is 24.1. The fourth-order valence-electron chi connectivity index (χ4n) is 3.24. The molecule has 3 aromatic rings. The highest BCUT2D eigenvalue weighted by Gasteiger charge is 2.29. The Bertz CT molecular complexity index is 1180. The summed E-state index contributed by atoms with van der Waals surface area (Å²) in [5, 5.41) is 3.35. The molecular weight excluding hydrogens is 467 g/mol. The minimum atomic E-state index is -4.07. The van der Waals surface area contributed by atoms with E-state index >= 15 is 0 Å². The fourth-order valence-corrected chi connectivity index (χ4v) is 5.13. The summed E-state index contributed by atoms with van der Waals surface area (Å²) in [6.07, 6.45) is 0.924. The predicted octanol–water partition coefficient (Wildman–Crippen LogP) is 5.63. The Hall–Kier alpha value is -2.54. The molecule has 0 fully saturated rings. The first-order valence-corrected chi connectivity index (χ1v) is 12.3. The molecule has 168 valence electrons. The molecular formula is C24H24Cl2N2O3S. The lowest BCUT2D eigenvalue weighted by Crippen LogP contribution is -2.41. The number of sulfonamides is 1. The summed E-state index contributed by atoms with van der Waals surface area (Å²) >= 11 is 12.4. The maximum Gasteiger partial charge on any atom is 0.264 e. The van der Waals surface area contributed by atoms with E-state index in [2.05, 4.69) is 12.2 Å². The number of hydrogen-bond donors (Lipinski definition) is 1. The normalized spacial score (nSPS) is 12.2. The van der Waals surface area contributed by atoms with Crippen LogP contribution < -0.4 is 9.62 Å². The average Bonchev–Trinajstić information content (AvgIpc) is 2.79. The molecule has 32 heavy (non-hydrogen) atoms. The minimum Gasteiger partial charge on any atom is -0.348 e. The number of rotatable bonds is 8. The van der Waals surface area contributed by atoms with Crippen LogP contribution in [0.25, 0.3) is 0 Å². The van der Waals surface area contributed by atoms with Gasteiger partial charge in [0.2, 0.25) is 5.91 Å². The van der Waals surface area contributed by atoms with Crippen LogP contribution in [0, 0.1) is 0 Å². The van der Waals surface area contributed by atoms with Crippen LogP contribution in [0.15, 0.2) is 77.7 Å². The third-order valence-corrected chi connectivity index (χ3v) is 7.39. The third-order valence-electron chi connectivity index (χ3n) is 5.06. The molecule has 3 aromatic carbocycles. The van der Waals surface area contributed by atoms with Gasteiger partial charge >= 0.3 is 0 Å². The second-order valence-corrected chi connectivity index (χ2v) is 10.0. The highest BCUT2D eigenvalue weighted by atomic mass is 35.5. The Morgan fingerprint density at radius 3 is 2.28 bits per heavy atom. The molecule has 0 spiro atoms. The van der Waals surface area contributed by atoms with Gasteiger partial charge in [-0.2, -0.15) is 0 Å². The molecule has 8 heteroatoms. The molecule has 0 aliphatic heterocycles. The number of benzene rings is 3. The van der Waals surface area contributed by atoms with Crippen LogP contribution in [0.1, 0.15) is 31.0 Å². The zero-order chi connectivity index (χ0) is 23.3. The SMILES string of the molecule is CCc1ccc([C@H](C)NC(=O)CN(c2cc(Cl)ccc2Cl)S(=O)(=O)c2ccccc2)cc1. The van der Waals surface area contributed by atoms with E-state index in [4.69, 9.17) is 23.2 Å². The summed E-state index contributed by atoms with van der Waals surface area (Å²) in [5.41, 5.74) is 2.26. The molecule has 0 radical (unpaired) electrons. The van der Waals surface area contributed by atoms with Gasteiger partial charge in [0.15, 0.2) is 0 Å². The smallest absolute Gasteiger partial charge is 0.264 e. The topological polar surface area (TPSA) is 66.5 Å². The highest BCUT2D eigenvalue weighted by Crippen LogP contribution is 2.33. The molecule has 0 bridgehead atoms. The molecule has 0 saturated heterocycles. The number of nitrogens with zero attached hydrogens (tertiary/aromatic N) is 1. The second kappa shape index (κ2) is 10.4. The Kier molecular flexibility index (Phi) is 7.82. The number of nitrogens with one attached hydrogen (secondary N) is 1. The quantitative estimate of drug-likeness (QED) is 0.444. The van der Waals surface area contributed by atoms with Crippen LogP contribution in [0.2, 0.25) is 10.0 Å². The molecule has 1 amide bonds. The van der Waals surface area contributed by atoms with Crippen molar-refractivity contribution < 1.29 is 13.2 Å². The molecule has 1 N–H and O–H groups in total. The zero-order valence-corrected chi connectivity index (χ0v) is 20.1. The van der Waals surface area contributed by atoms with Gasteiger partial charge in [0.05, 0.1) is 21.6 Å². The van der Waals surface area contributed by atoms with Crippen molar-refractivity contribution in [3.8, 4) is 0 Å². The van der Waals surface area contributed by atoms with Crippen LogP contribution in [0.4, 0.5) is 5.69 Å². The number of carbonyl (C=O) groups excluding carboxylic acids is 1. The first-order chi connectivity index (χ1) is 15.2. The number of aryl methyl sites for hydroxylation is 1. The molecule has 0 saturated carbocycles. The standard InChI is InChI=1S/C24H24Cl2N2O3S/c1-3-18-9-11-19(12-10-18)17(2)27-24(29)16-28(23-15-20(25)13-14-22(23)26)32(30,31)21-7-5-4-6-8-21/h4-15,17H,3,16H2,1-2H3,(H,27,29)/t17-/m0/s1. The van der Waals surface area contributed by atoms with E-state index in [0.717, 1.165) is 16.3 Å². The van der Waals surface area contributed by atoms with Gasteiger partial charge in [-0.25, -0.2) is 8.42 Å². The largest absolute Gasteiger partial charge is 0.348 e. The van der Waals surface area contributed by atoms with Gasteiger partial charge in [-0.3, -0.25) is 9.10 Å². The maximum atomic E-state index is 13.4. The molecule has 0 aromatic heterocycles. The van der Waals surface area contributed by atoms with E-state index in [1.807, 2.05) is 31.2 Å². The molecule has 5 nitrogen and oxygen atoms in total. The van der Waals surface area contributed by atoms with Gasteiger partial charge in [-0.15, -0.1) is 0 Å². The van der Waals surface area contributed by atoms with Crippen LogP contribution >= 0.6 is 23.2 Å². The Balaban J connectivity index is 1.90. The van der Waals surface area contributed by atoms with Gasteiger partial charge < -0.3 is 5.32 Å². The fraction of sp³-hybridized carbons (Fsp3) is 0.208. The van der Waals surface area contributed by atoms with E-state index in [0.29, 0.717) is 5.02 Å². The third kappa shape index (κ3) is 5.63. The Labute approximate surface area is 199 Å². The van der Waals surface area contributed by atoms with E-state index in [9.17, 15) is 13.2 Å². The zero-order valence-electron chi connectivity index (χ0n) is 17.8. The number of carbonyl (C=O) groups is 1. The summed E-state index contributed by atoms with van der Waals surface area (Å²) in [7, 11) is -4.07. The van der Waals surface area contributed by atoms with Crippen molar-refractivity contribution in [2.45, 2.75) is 31.2 Å². The van der Waals surface area contributed by atoms with E-state index in [1.54, 1.807) is 24.3 Å². The Morgan fingerprint density at radius 1 is 1.00 bits per heavy atom. The second-order valence-electron chi connectivity index (χ2n) is 7.30. The lowest BCUT2D eigenvalue weighted by Gasteiger charge is -2.26. The lowest BCUT2D eigenvalue weighted by atomic mass is 10.1. The van der Waals surface area contributed by atoms with Crippen LogP contribution in [0.3, 0.4) is 0 Å². The maximum absolute atomic E-state index is 13.4. The van der Waals surface area contributed by atoms with Crippen molar-refractivity contribution in [2.75, 3.05) is 10.8 Å². The van der Waals surface area contributed by atoms with Gasteiger partial charge in [0, 0.05) is 5.02 Å². The van der Waals surface area contributed by atoms with Crippen LogP contribution in [0.5, 0.6) is 0 Å². The predicted molar refractivity (Wildman–Crippen MR) is 130 cm³/mol. The van der Waals surface area contributed by atoms with Gasteiger partial charge in [-0.1, -0.05) is 72.6 Å². The summed E-state index contributed by atoms with van der Waals surface area (Å²) < 4.78 is 27.8. The average molecular weight is 491 g/mol. The molecule has 0 aliphatic carbocycles. The van der Waals surface area contributed by atoms with Crippen molar-refractivity contribution in [2.24, 2.45) is 0 Å². The highest BCUT2D eigenvalue weighted by molar-refractivity contribution is 7.92. The van der Waals surface area contributed by atoms with Crippen molar-refractivity contribution >= 4 is 44.8 Å². The molecule has 0 aliphatic rings. The summed E-state index contributed by atoms with van der Waals surface area (Å²) in [6.45, 7) is 3.47. The number of halogens is 2. The Morgan fingerprint density at radius 2 is 1.66 bits per heavy atom. The molecule has 3 rings (SSSR count).